The zero-order valence-corrected chi connectivity index (χ0v) is 18.3. The second-order valence-electron chi connectivity index (χ2n) is 7.19. The van der Waals surface area contributed by atoms with Crippen LogP contribution in [0.25, 0.3) is 10.9 Å². The van der Waals surface area contributed by atoms with Crippen molar-refractivity contribution in [3.8, 4) is 0 Å². The maximum absolute atomic E-state index is 13.0. The van der Waals surface area contributed by atoms with Crippen LogP contribution in [0.2, 0.25) is 5.02 Å². The van der Waals surface area contributed by atoms with E-state index in [1.54, 1.807) is 30.3 Å². The first-order valence-electron chi connectivity index (χ1n) is 9.32. The van der Waals surface area contributed by atoms with Crippen molar-refractivity contribution in [2.24, 2.45) is 0 Å². The molecule has 154 valence electrons. The van der Waals surface area contributed by atoms with E-state index in [1.807, 2.05) is 19.1 Å². The number of fused-ring (bicyclic) bond motifs is 1. The number of carbonyl (C=O) groups is 3. The van der Waals surface area contributed by atoms with Crippen molar-refractivity contribution in [2.75, 3.05) is 10.7 Å². The molecule has 3 amide bonds. The molecule has 1 aliphatic rings. The van der Waals surface area contributed by atoms with Gasteiger partial charge >= 0.3 is 11.8 Å². The molecular weight excluding hydrogens is 472 g/mol. The normalized spacial score (nSPS) is 13.2. The fraction of sp³-hybridized carbons (Fsp3) is 0.190. The molecule has 4 rings (SSSR count). The summed E-state index contributed by atoms with van der Waals surface area (Å²) in [5.41, 5.74) is 4.85. The van der Waals surface area contributed by atoms with E-state index in [-0.39, 0.29) is 11.7 Å². The van der Waals surface area contributed by atoms with E-state index < -0.39 is 17.7 Å². The fourth-order valence-electron chi connectivity index (χ4n) is 3.01. The van der Waals surface area contributed by atoms with Crippen molar-refractivity contribution >= 4 is 61.8 Å². The van der Waals surface area contributed by atoms with Gasteiger partial charge in [0.2, 0.25) is 0 Å². The van der Waals surface area contributed by atoms with E-state index in [0.717, 1.165) is 22.9 Å². The number of amides is 3. The quantitative estimate of drug-likeness (QED) is 0.484. The minimum atomic E-state index is -0.847. The molecular formula is C21H18BrClN4O3. The smallest absolute Gasteiger partial charge is 0.328 e. The average Bonchev–Trinajstić information content (AvgIpc) is 3.44. The lowest BCUT2D eigenvalue weighted by molar-refractivity contribution is -0.136. The van der Waals surface area contributed by atoms with Gasteiger partial charge in [0.25, 0.3) is 5.91 Å². The number of rotatable bonds is 4. The van der Waals surface area contributed by atoms with Gasteiger partial charge < -0.3 is 10.6 Å². The van der Waals surface area contributed by atoms with Crippen LogP contribution in [0.5, 0.6) is 0 Å². The number of aromatic nitrogens is 1. The molecule has 0 bridgehead atoms. The summed E-state index contributed by atoms with van der Waals surface area (Å²) in [4.78, 5) is 37.5. The zero-order chi connectivity index (χ0) is 21.4. The fourth-order valence-corrected chi connectivity index (χ4v) is 3.79. The zero-order valence-electron chi connectivity index (χ0n) is 16.0. The lowest BCUT2D eigenvalue weighted by Crippen LogP contribution is -2.40. The number of aryl methyl sites for hydroxylation is 1. The summed E-state index contributed by atoms with van der Waals surface area (Å²) in [6.07, 6.45) is 1.73. The van der Waals surface area contributed by atoms with Crippen molar-refractivity contribution in [3.05, 3.63) is 63.2 Å². The minimum Gasteiger partial charge on any atom is -0.345 e. The van der Waals surface area contributed by atoms with Crippen LogP contribution in [-0.4, -0.2) is 28.4 Å². The maximum atomic E-state index is 13.0. The van der Waals surface area contributed by atoms with Crippen LogP contribution in [0.1, 0.15) is 28.9 Å². The van der Waals surface area contributed by atoms with E-state index >= 15 is 0 Å². The number of nitrogens with zero attached hydrogens (tertiary/aromatic N) is 1. The van der Waals surface area contributed by atoms with Crippen molar-refractivity contribution in [1.82, 2.24) is 9.99 Å². The van der Waals surface area contributed by atoms with Crippen LogP contribution in [-0.2, 0) is 9.59 Å². The Bertz CT molecular complexity index is 1190. The highest BCUT2D eigenvalue weighted by atomic mass is 79.9. The summed E-state index contributed by atoms with van der Waals surface area (Å²) in [5, 5.41) is 6.60. The predicted octanol–water partition coefficient (Wildman–Crippen LogP) is 3.97. The minimum absolute atomic E-state index is 0.0464. The van der Waals surface area contributed by atoms with E-state index in [0.29, 0.717) is 21.6 Å². The van der Waals surface area contributed by atoms with Gasteiger partial charge in [-0.2, -0.15) is 0 Å². The second-order valence-corrected chi connectivity index (χ2v) is 8.48. The van der Waals surface area contributed by atoms with Crippen LogP contribution in [0.15, 0.2) is 46.9 Å². The summed E-state index contributed by atoms with van der Waals surface area (Å²) in [7, 11) is 0. The van der Waals surface area contributed by atoms with Gasteiger partial charge in [-0.15, -0.1) is 0 Å². The Morgan fingerprint density at radius 2 is 1.83 bits per heavy atom. The van der Waals surface area contributed by atoms with Gasteiger partial charge in [-0.3, -0.25) is 19.8 Å². The van der Waals surface area contributed by atoms with Crippen molar-refractivity contribution in [2.45, 2.75) is 25.8 Å². The molecule has 0 atom stereocenters. The summed E-state index contributed by atoms with van der Waals surface area (Å²) in [6.45, 7) is 1.94. The Kier molecular flexibility index (Phi) is 5.53. The molecule has 0 radical (unpaired) electrons. The monoisotopic (exact) mass is 488 g/mol. The molecule has 3 N–H and O–H groups in total. The van der Waals surface area contributed by atoms with Gasteiger partial charge in [0.1, 0.15) is 5.69 Å². The molecule has 1 fully saturated rings. The number of halogens is 2. The highest BCUT2D eigenvalue weighted by Gasteiger charge is 2.27. The molecule has 3 aromatic rings. The topological polar surface area (TPSA) is 92.2 Å². The lowest BCUT2D eigenvalue weighted by atomic mass is 10.2. The number of benzene rings is 2. The summed E-state index contributed by atoms with van der Waals surface area (Å²) < 4.78 is 2.03. The summed E-state index contributed by atoms with van der Waals surface area (Å²) >= 11 is 9.52. The molecule has 2 aromatic carbocycles. The van der Waals surface area contributed by atoms with E-state index in [4.69, 9.17) is 11.6 Å². The molecule has 7 nitrogen and oxygen atoms in total. The number of hydrogen-bond acceptors (Lipinski definition) is 3. The van der Waals surface area contributed by atoms with E-state index in [9.17, 15) is 14.4 Å². The standard InChI is InChI=1S/C21H18BrClN4O3/c1-11-2-6-16(15(22)8-11)25-19(28)18-10-12-9-13(23)3-7-17(12)27(18)26-21(30)20(29)24-14-4-5-14/h2-3,6-10,14H,4-5H2,1H3,(H,24,29)(H,25,28)(H,26,30). The van der Waals surface area contributed by atoms with Crippen molar-refractivity contribution < 1.29 is 14.4 Å². The molecule has 0 aliphatic heterocycles. The molecule has 1 heterocycles. The van der Waals surface area contributed by atoms with Crippen LogP contribution in [0.3, 0.4) is 0 Å². The maximum Gasteiger partial charge on any atom is 0.328 e. The van der Waals surface area contributed by atoms with Gasteiger partial charge in [-0.25, -0.2) is 4.68 Å². The van der Waals surface area contributed by atoms with Crippen molar-refractivity contribution in [1.29, 1.82) is 0 Å². The SMILES string of the molecule is Cc1ccc(NC(=O)c2cc3cc(Cl)ccc3n2NC(=O)C(=O)NC2CC2)c(Br)c1. The molecule has 0 unspecified atom stereocenters. The lowest BCUT2D eigenvalue weighted by Gasteiger charge is -2.13. The van der Waals surface area contributed by atoms with E-state index in [1.165, 1.54) is 4.68 Å². The van der Waals surface area contributed by atoms with Gasteiger partial charge in [0.05, 0.1) is 11.2 Å². The third kappa shape index (κ3) is 4.34. The van der Waals surface area contributed by atoms with Gasteiger partial charge in [0.15, 0.2) is 0 Å². The molecule has 1 aromatic heterocycles. The number of anilines is 1. The van der Waals surface area contributed by atoms with Gasteiger partial charge in [-0.1, -0.05) is 17.7 Å². The summed E-state index contributed by atoms with van der Waals surface area (Å²) in [5.74, 6) is -2.03. The highest BCUT2D eigenvalue weighted by molar-refractivity contribution is 9.10. The predicted molar refractivity (Wildman–Crippen MR) is 119 cm³/mol. The Morgan fingerprint density at radius 3 is 2.53 bits per heavy atom. The Morgan fingerprint density at radius 1 is 1.07 bits per heavy atom. The Labute approximate surface area is 185 Å². The number of nitrogens with one attached hydrogen (secondary N) is 3. The second kappa shape index (κ2) is 8.12. The highest BCUT2D eigenvalue weighted by Crippen LogP contribution is 2.26. The first-order chi connectivity index (χ1) is 14.3. The van der Waals surface area contributed by atoms with Crippen LogP contribution in [0, 0.1) is 6.92 Å². The third-order valence-electron chi connectivity index (χ3n) is 4.70. The van der Waals surface area contributed by atoms with Crippen LogP contribution >= 0.6 is 27.5 Å². The molecule has 0 spiro atoms. The first kappa shape index (κ1) is 20.4. The molecule has 9 heteroatoms. The Balaban J connectivity index is 1.67. The summed E-state index contributed by atoms with van der Waals surface area (Å²) in [6, 6.07) is 12.2. The Hall–Kier alpha value is -2.84. The average molecular weight is 490 g/mol. The largest absolute Gasteiger partial charge is 0.345 e. The van der Waals surface area contributed by atoms with Crippen LogP contribution < -0.4 is 16.1 Å². The van der Waals surface area contributed by atoms with Gasteiger partial charge in [0, 0.05) is 20.9 Å². The first-order valence-corrected chi connectivity index (χ1v) is 10.5. The molecule has 1 saturated carbocycles. The van der Waals surface area contributed by atoms with Gasteiger partial charge in [-0.05, 0) is 77.7 Å². The number of hydrogen-bond donors (Lipinski definition) is 3. The molecule has 1 aliphatic carbocycles. The van der Waals surface area contributed by atoms with E-state index in [2.05, 4.69) is 32.0 Å². The van der Waals surface area contributed by atoms with Crippen molar-refractivity contribution in [3.63, 3.8) is 0 Å². The number of carbonyl (C=O) groups excluding carboxylic acids is 3. The molecule has 30 heavy (non-hydrogen) atoms. The van der Waals surface area contributed by atoms with Crippen LogP contribution in [0.4, 0.5) is 5.69 Å². The third-order valence-corrected chi connectivity index (χ3v) is 5.59. The molecule has 0 saturated heterocycles.